The highest BCUT2D eigenvalue weighted by molar-refractivity contribution is 5.20. The molecule has 0 saturated carbocycles. The third kappa shape index (κ3) is 3.29. The molecular formula is C10H16. The molecule has 0 aliphatic carbocycles. The van der Waals surface area contributed by atoms with E-state index in [1.807, 2.05) is 26.0 Å². The Bertz CT molecular complexity index is 149. The van der Waals surface area contributed by atoms with E-state index in [0.29, 0.717) is 5.92 Å². The molecule has 0 aromatic rings. The van der Waals surface area contributed by atoms with Crippen molar-refractivity contribution in [2.75, 3.05) is 0 Å². The lowest BCUT2D eigenvalue weighted by Gasteiger charge is -2.03. The predicted molar refractivity (Wildman–Crippen MR) is 47.9 cm³/mol. The van der Waals surface area contributed by atoms with Gasteiger partial charge in [0.05, 0.1) is 0 Å². The van der Waals surface area contributed by atoms with Crippen LogP contribution in [0.25, 0.3) is 0 Å². The average molecular weight is 136 g/mol. The molecule has 0 amide bonds. The van der Waals surface area contributed by atoms with Crippen LogP contribution in [-0.2, 0) is 0 Å². The van der Waals surface area contributed by atoms with Crippen molar-refractivity contribution in [2.45, 2.75) is 20.8 Å². The Hall–Kier alpha value is -0.780. The molecule has 0 heterocycles. The van der Waals surface area contributed by atoms with Gasteiger partial charge in [0, 0.05) is 0 Å². The summed E-state index contributed by atoms with van der Waals surface area (Å²) < 4.78 is 0. The summed E-state index contributed by atoms with van der Waals surface area (Å²) in [5, 5.41) is 0. The standard InChI is InChI=1S/C10H16/c1-5-7-9(3)10(4)8-6-2/h5-8,10H,3H2,1-2,4H3. The first-order chi connectivity index (χ1) is 4.72. The lowest BCUT2D eigenvalue weighted by Crippen LogP contribution is -1.89. The van der Waals surface area contributed by atoms with E-state index in [1.165, 1.54) is 5.57 Å². The molecule has 0 bridgehead atoms. The Morgan fingerprint density at radius 2 is 1.90 bits per heavy atom. The predicted octanol–water partition coefficient (Wildman–Crippen LogP) is 3.33. The molecule has 0 aromatic carbocycles. The van der Waals surface area contributed by atoms with Crippen molar-refractivity contribution in [3.63, 3.8) is 0 Å². The Kier molecular flexibility index (Phi) is 4.65. The van der Waals surface area contributed by atoms with E-state index in [9.17, 15) is 0 Å². The van der Waals surface area contributed by atoms with Gasteiger partial charge in [0.25, 0.3) is 0 Å². The summed E-state index contributed by atoms with van der Waals surface area (Å²) in [7, 11) is 0. The summed E-state index contributed by atoms with van der Waals surface area (Å²) in [5.41, 5.74) is 1.17. The van der Waals surface area contributed by atoms with Crippen LogP contribution in [0.3, 0.4) is 0 Å². The maximum atomic E-state index is 3.92. The molecule has 0 heteroatoms. The van der Waals surface area contributed by atoms with Gasteiger partial charge in [-0.1, -0.05) is 37.8 Å². The lowest BCUT2D eigenvalue weighted by atomic mass is 10.0. The van der Waals surface area contributed by atoms with E-state index in [4.69, 9.17) is 0 Å². The van der Waals surface area contributed by atoms with E-state index >= 15 is 0 Å². The lowest BCUT2D eigenvalue weighted by molar-refractivity contribution is 0.893. The average Bonchev–Trinajstić information content (AvgIpc) is 1.89. The molecular weight excluding hydrogens is 120 g/mol. The van der Waals surface area contributed by atoms with E-state index in [1.54, 1.807) is 0 Å². The molecule has 0 aromatic heterocycles. The first-order valence-electron chi connectivity index (χ1n) is 3.66. The Morgan fingerprint density at radius 1 is 1.30 bits per heavy atom. The molecule has 0 nitrogen and oxygen atoms in total. The third-order valence-corrected chi connectivity index (χ3v) is 1.45. The monoisotopic (exact) mass is 136 g/mol. The molecule has 0 N–H and O–H groups in total. The third-order valence-electron chi connectivity index (χ3n) is 1.45. The highest BCUT2D eigenvalue weighted by atomic mass is 14.0. The Labute approximate surface area is 64.0 Å². The molecule has 0 aliphatic rings. The van der Waals surface area contributed by atoms with Gasteiger partial charge >= 0.3 is 0 Å². The van der Waals surface area contributed by atoms with Crippen LogP contribution in [0.5, 0.6) is 0 Å². The van der Waals surface area contributed by atoms with Crippen LogP contribution in [0.15, 0.2) is 36.5 Å². The number of allylic oxidation sites excluding steroid dienone is 5. The van der Waals surface area contributed by atoms with Crippen molar-refractivity contribution in [2.24, 2.45) is 5.92 Å². The van der Waals surface area contributed by atoms with Crippen molar-refractivity contribution < 1.29 is 0 Å². The van der Waals surface area contributed by atoms with Gasteiger partial charge in [-0.05, 0) is 25.3 Å². The quantitative estimate of drug-likeness (QED) is 0.412. The van der Waals surface area contributed by atoms with E-state index in [-0.39, 0.29) is 0 Å². The molecule has 10 heavy (non-hydrogen) atoms. The molecule has 0 saturated heterocycles. The van der Waals surface area contributed by atoms with Crippen molar-refractivity contribution in [3.05, 3.63) is 36.5 Å². The van der Waals surface area contributed by atoms with Crippen molar-refractivity contribution >= 4 is 0 Å². The summed E-state index contributed by atoms with van der Waals surface area (Å²) in [6, 6.07) is 0. The van der Waals surface area contributed by atoms with Crippen LogP contribution < -0.4 is 0 Å². The van der Waals surface area contributed by atoms with E-state index in [2.05, 4.69) is 25.7 Å². The van der Waals surface area contributed by atoms with Crippen LogP contribution in [-0.4, -0.2) is 0 Å². The SMILES string of the molecule is C=C(C=CC)C(C)C=CC. The summed E-state index contributed by atoms with van der Waals surface area (Å²) in [4.78, 5) is 0. The van der Waals surface area contributed by atoms with Crippen LogP contribution in [0, 0.1) is 5.92 Å². The topological polar surface area (TPSA) is 0 Å². The number of rotatable bonds is 3. The second kappa shape index (κ2) is 5.04. The summed E-state index contributed by atoms with van der Waals surface area (Å²) in [6.45, 7) is 10.1. The highest BCUT2D eigenvalue weighted by Gasteiger charge is 1.95. The molecule has 0 rings (SSSR count). The van der Waals surface area contributed by atoms with Crippen LogP contribution in [0.2, 0.25) is 0 Å². The largest absolute Gasteiger partial charge is 0.0953 e. The first-order valence-corrected chi connectivity index (χ1v) is 3.66. The van der Waals surface area contributed by atoms with E-state index in [0.717, 1.165) is 0 Å². The minimum atomic E-state index is 0.473. The van der Waals surface area contributed by atoms with Gasteiger partial charge in [-0.25, -0.2) is 0 Å². The normalized spacial score (nSPS) is 14.7. The molecule has 0 radical (unpaired) electrons. The van der Waals surface area contributed by atoms with Gasteiger partial charge in [-0.15, -0.1) is 0 Å². The fourth-order valence-electron chi connectivity index (χ4n) is 0.778. The van der Waals surface area contributed by atoms with Gasteiger partial charge in [0.15, 0.2) is 0 Å². The van der Waals surface area contributed by atoms with Gasteiger partial charge in [0.2, 0.25) is 0 Å². The molecule has 56 valence electrons. The van der Waals surface area contributed by atoms with Crippen LogP contribution >= 0.6 is 0 Å². The second-order valence-corrected chi connectivity index (χ2v) is 2.39. The van der Waals surface area contributed by atoms with Gasteiger partial charge in [0.1, 0.15) is 0 Å². The van der Waals surface area contributed by atoms with Crippen LogP contribution in [0.4, 0.5) is 0 Å². The minimum absolute atomic E-state index is 0.473. The fourth-order valence-corrected chi connectivity index (χ4v) is 0.778. The zero-order valence-electron chi connectivity index (χ0n) is 7.09. The fraction of sp³-hybridized carbons (Fsp3) is 0.400. The van der Waals surface area contributed by atoms with Crippen molar-refractivity contribution in [1.82, 2.24) is 0 Å². The van der Waals surface area contributed by atoms with Gasteiger partial charge < -0.3 is 0 Å². The maximum absolute atomic E-state index is 3.92. The van der Waals surface area contributed by atoms with Gasteiger partial charge in [-0.2, -0.15) is 0 Å². The zero-order chi connectivity index (χ0) is 7.98. The molecule has 0 spiro atoms. The van der Waals surface area contributed by atoms with Gasteiger partial charge in [-0.3, -0.25) is 0 Å². The maximum Gasteiger partial charge on any atom is -0.00165 e. The first kappa shape index (κ1) is 9.22. The molecule has 0 fully saturated rings. The second-order valence-electron chi connectivity index (χ2n) is 2.39. The Morgan fingerprint density at radius 3 is 2.30 bits per heavy atom. The Balaban J connectivity index is 3.94. The smallest absolute Gasteiger partial charge is 0.00165 e. The molecule has 0 aliphatic heterocycles. The van der Waals surface area contributed by atoms with Crippen molar-refractivity contribution in [3.8, 4) is 0 Å². The summed E-state index contributed by atoms with van der Waals surface area (Å²) >= 11 is 0. The summed E-state index contributed by atoms with van der Waals surface area (Å²) in [6.07, 6.45) is 8.26. The van der Waals surface area contributed by atoms with Crippen LogP contribution in [0.1, 0.15) is 20.8 Å². The number of hydrogen-bond acceptors (Lipinski definition) is 0. The zero-order valence-corrected chi connectivity index (χ0v) is 7.09. The molecule has 1 unspecified atom stereocenters. The summed E-state index contributed by atoms with van der Waals surface area (Å²) in [5.74, 6) is 0.473. The molecule has 1 atom stereocenters. The van der Waals surface area contributed by atoms with Crippen molar-refractivity contribution in [1.29, 1.82) is 0 Å². The minimum Gasteiger partial charge on any atom is -0.0953 e. The number of hydrogen-bond donors (Lipinski definition) is 0. The highest BCUT2D eigenvalue weighted by Crippen LogP contribution is 2.10. The van der Waals surface area contributed by atoms with E-state index < -0.39 is 0 Å².